The molecule has 0 aromatic heterocycles. The van der Waals surface area contributed by atoms with E-state index in [1.165, 1.54) is 30.3 Å². The zero-order chi connectivity index (χ0) is 20.1. The fourth-order valence-electron chi connectivity index (χ4n) is 2.28. The maximum absolute atomic E-state index is 12.3. The fraction of sp³-hybridized carbons (Fsp3) is 0. The molecule has 2 aromatic rings. The quantitative estimate of drug-likeness (QED) is 0.514. The molecule has 4 N–H and O–H groups in total. The number of rotatable bonds is 5. The zero-order valence-electron chi connectivity index (χ0n) is 14.5. The fourth-order valence-corrected chi connectivity index (χ4v) is 3.20. The van der Waals surface area contributed by atoms with Crippen molar-refractivity contribution >= 4 is 39.4 Å². The smallest absolute Gasteiger partial charge is 0.285 e. The van der Waals surface area contributed by atoms with Crippen LogP contribution in [-0.2, 0) is 19.6 Å². The second kappa shape index (κ2) is 7.89. The molecule has 1 aliphatic rings. The number of nitrogens with zero attached hydrogens (tertiary/aromatic N) is 1. The molecule has 0 bridgehead atoms. The maximum atomic E-state index is 12.3. The average Bonchev–Trinajstić information content (AvgIpc) is 2.99. The van der Waals surface area contributed by atoms with E-state index in [4.69, 9.17) is 5.73 Å². The van der Waals surface area contributed by atoms with Crippen LogP contribution < -0.4 is 16.4 Å². The van der Waals surface area contributed by atoms with E-state index in [2.05, 4.69) is 15.0 Å². The number of ketones is 1. The molecule has 142 valence electrons. The normalized spacial score (nSPS) is 17.1. The van der Waals surface area contributed by atoms with Crippen LogP contribution >= 0.6 is 0 Å². The minimum absolute atomic E-state index is 0.0791. The van der Waals surface area contributed by atoms with Gasteiger partial charge in [0.25, 0.3) is 15.9 Å². The molecule has 28 heavy (non-hydrogen) atoms. The standard InChI is InChI=1S/C19H16N4O4S/c20-14-7-10-16(11-8-14)28(26,27)23-19-21-17(18(25)22-19)12-15(24)9-6-13-4-2-1-3-5-13/h1-12H,20H2,(H2,21,22,23,25). The number of amides is 1. The van der Waals surface area contributed by atoms with Crippen molar-refractivity contribution in [3.63, 3.8) is 0 Å². The molecule has 3 rings (SSSR count). The molecule has 0 spiro atoms. The van der Waals surface area contributed by atoms with Crippen molar-refractivity contribution in [1.82, 2.24) is 10.6 Å². The maximum Gasteiger partial charge on any atom is 0.285 e. The van der Waals surface area contributed by atoms with Crippen LogP contribution in [0, 0.1) is 0 Å². The first-order valence-electron chi connectivity index (χ1n) is 8.11. The first kappa shape index (κ1) is 19.1. The monoisotopic (exact) mass is 396 g/mol. The Kier molecular flexibility index (Phi) is 5.37. The molecule has 0 saturated carbocycles. The Morgan fingerprint density at radius 1 is 1.00 bits per heavy atom. The summed E-state index contributed by atoms with van der Waals surface area (Å²) in [5.41, 5.74) is 6.67. The number of nitrogens with one attached hydrogen (secondary N) is 2. The van der Waals surface area contributed by atoms with Crippen LogP contribution in [0.1, 0.15) is 5.56 Å². The number of hydrogen-bond donors (Lipinski definition) is 3. The Balaban J connectivity index is 1.74. The number of sulfonamides is 1. The number of hydrogen-bond acceptors (Lipinski definition) is 5. The largest absolute Gasteiger partial charge is 0.399 e. The summed E-state index contributed by atoms with van der Waals surface area (Å²) in [5.74, 6) is -1.38. The Morgan fingerprint density at radius 3 is 2.36 bits per heavy atom. The predicted octanol–water partition coefficient (Wildman–Crippen LogP) is 1.20. The summed E-state index contributed by atoms with van der Waals surface area (Å²) in [6.07, 6.45) is 3.97. The van der Waals surface area contributed by atoms with Crippen LogP contribution in [0.25, 0.3) is 6.08 Å². The van der Waals surface area contributed by atoms with Gasteiger partial charge >= 0.3 is 0 Å². The van der Waals surface area contributed by atoms with Crippen LogP contribution in [0.15, 0.2) is 81.7 Å². The summed E-state index contributed by atoms with van der Waals surface area (Å²) in [6.45, 7) is 0. The molecule has 9 heteroatoms. The van der Waals surface area contributed by atoms with E-state index in [0.29, 0.717) is 5.69 Å². The van der Waals surface area contributed by atoms with Crippen molar-refractivity contribution in [2.24, 2.45) is 4.40 Å². The second-order valence-electron chi connectivity index (χ2n) is 5.77. The lowest BCUT2D eigenvalue weighted by molar-refractivity contribution is -0.116. The van der Waals surface area contributed by atoms with E-state index in [1.54, 1.807) is 6.08 Å². The summed E-state index contributed by atoms with van der Waals surface area (Å²) in [6, 6.07) is 14.6. The van der Waals surface area contributed by atoms with Crippen LogP contribution in [0.3, 0.4) is 0 Å². The van der Waals surface area contributed by atoms with E-state index >= 15 is 0 Å². The Morgan fingerprint density at radius 2 is 1.68 bits per heavy atom. The Labute approximate surface area is 161 Å². The molecule has 2 aromatic carbocycles. The van der Waals surface area contributed by atoms with Crippen LogP contribution in [0.4, 0.5) is 5.69 Å². The number of carbonyl (C=O) groups excluding carboxylic acids is 2. The summed E-state index contributed by atoms with van der Waals surface area (Å²) >= 11 is 0. The van der Waals surface area contributed by atoms with E-state index in [0.717, 1.165) is 11.6 Å². The third kappa shape index (κ3) is 4.71. The number of nitrogen functional groups attached to an aromatic ring is 1. The lowest BCUT2D eigenvalue weighted by Gasteiger charge is -2.01. The molecule has 1 fully saturated rings. The van der Waals surface area contributed by atoms with Crippen molar-refractivity contribution < 1.29 is 18.0 Å². The highest BCUT2D eigenvalue weighted by atomic mass is 32.2. The van der Waals surface area contributed by atoms with Crippen LogP contribution in [0.5, 0.6) is 0 Å². The molecule has 0 aliphatic carbocycles. The Hall–Kier alpha value is -3.72. The van der Waals surface area contributed by atoms with Gasteiger partial charge < -0.3 is 11.1 Å². The van der Waals surface area contributed by atoms with Gasteiger partial charge in [0.15, 0.2) is 5.78 Å². The van der Waals surface area contributed by atoms with Gasteiger partial charge in [0, 0.05) is 11.8 Å². The summed E-state index contributed by atoms with van der Waals surface area (Å²) in [4.78, 5) is 23.9. The highest BCUT2D eigenvalue weighted by Gasteiger charge is 2.25. The molecule has 1 saturated heterocycles. The molecular weight excluding hydrogens is 380 g/mol. The van der Waals surface area contributed by atoms with Crippen molar-refractivity contribution in [1.29, 1.82) is 0 Å². The molecule has 8 nitrogen and oxygen atoms in total. The third-order valence-electron chi connectivity index (χ3n) is 3.65. The van der Waals surface area contributed by atoms with E-state index in [-0.39, 0.29) is 16.6 Å². The first-order valence-corrected chi connectivity index (χ1v) is 9.55. The summed E-state index contributed by atoms with van der Waals surface area (Å²) in [7, 11) is -4.05. The van der Waals surface area contributed by atoms with Gasteiger partial charge in [0.05, 0.1) is 4.90 Å². The van der Waals surface area contributed by atoms with Gasteiger partial charge in [-0.15, -0.1) is 4.40 Å². The number of guanidine groups is 1. The lowest BCUT2D eigenvalue weighted by Crippen LogP contribution is -2.26. The van der Waals surface area contributed by atoms with Crippen molar-refractivity contribution in [3.8, 4) is 0 Å². The summed E-state index contributed by atoms with van der Waals surface area (Å²) in [5, 5.41) is 4.77. The number of benzene rings is 2. The van der Waals surface area contributed by atoms with Crippen LogP contribution in [-0.4, -0.2) is 26.1 Å². The SMILES string of the molecule is Nc1ccc(S(=O)(=O)/N=C2\NC(=O)C(=CC(=O)C=Cc3ccccc3)N2)cc1. The van der Waals surface area contributed by atoms with E-state index < -0.39 is 21.7 Å². The number of nitrogens with two attached hydrogens (primary N) is 1. The highest BCUT2D eigenvalue weighted by molar-refractivity contribution is 7.90. The molecule has 1 amide bonds. The van der Waals surface area contributed by atoms with Crippen molar-refractivity contribution in [3.05, 3.63) is 78.0 Å². The second-order valence-corrected chi connectivity index (χ2v) is 7.37. The molecule has 1 aliphatic heterocycles. The molecular formula is C19H16N4O4S. The minimum atomic E-state index is -4.05. The minimum Gasteiger partial charge on any atom is -0.399 e. The summed E-state index contributed by atoms with van der Waals surface area (Å²) < 4.78 is 28.1. The van der Waals surface area contributed by atoms with Gasteiger partial charge in [-0.1, -0.05) is 36.4 Å². The van der Waals surface area contributed by atoms with Gasteiger partial charge in [-0.3, -0.25) is 14.9 Å². The van der Waals surface area contributed by atoms with Crippen molar-refractivity contribution in [2.75, 3.05) is 5.73 Å². The number of allylic oxidation sites excluding steroid dienone is 2. The average molecular weight is 396 g/mol. The van der Waals surface area contributed by atoms with Gasteiger partial charge in [0.2, 0.25) is 5.96 Å². The van der Waals surface area contributed by atoms with E-state index in [1.807, 2.05) is 30.3 Å². The van der Waals surface area contributed by atoms with Gasteiger partial charge in [-0.25, -0.2) is 0 Å². The van der Waals surface area contributed by atoms with E-state index in [9.17, 15) is 18.0 Å². The van der Waals surface area contributed by atoms with Gasteiger partial charge in [-0.05, 0) is 35.9 Å². The molecule has 0 atom stereocenters. The Bertz CT molecular complexity index is 1100. The topological polar surface area (TPSA) is 131 Å². The lowest BCUT2D eigenvalue weighted by atomic mass is 10.2. The van der Waals surface area contributed by atoms with Gasteiger partial charge in [-0.2, -0.15) is 8.42 Å². The van der Waals surface area contributed by atoms with Gasteiger partial charge in [0.1, 0.15) is 5.70 Å². The molecule has 1 heterocycles. The van der Waals surface area contributed by atoms with Crippen molar-refractivity contribution in [2.45, 2.75) is 4.90 Å². The first-order chi connectivity index (χ1) is 13.3. The number of anilines is 1. The molecule has 0 radical (unpaired) electrons. The highest BCUT2D eigenvalue weighted by Crippen LogP contribution is 2.15. The number of carbonyl (C=O) groups is 2. The molecule has 0 unspecified atom stereocenters. The predicted molar refractivity (Wildman–Crippen MR) is 105 cm³/mol. The third-order valence-corrected chi connectivity index (χ3v) is 4.94. The zero-order valence-corrected chi connectivity index (χ0v) is 15.3. The van der Waals surface area contributed by atoms with Crippen LogP contribution in [0.2, 0.25) is 0 Å².